The minimum absolute atomic E-state index is 0. The molecule has 1 aromatic carbocycles. The maximum Gasteiger partial charge on any atom is 0.244 e. The average molecular weight is 436 g/mol. The largest absolute Gasteiger partial charge is 0.494 e. The summed E-state index contributed by atoms with van der Waals surface area (Å²) in [5.74, 6) is 0.221. The molecule has 0 amide bonds. The highest BCUT2D eigenvalue weighted by atomic mass is 79.9. The van der Waals surface area contributed by atoms with Crippen molar-refractivity contribution in [3.63, 3.8) is 0 Å². The normalized spacial score (nSPS) is 12.6. The van der Waals surface area contributed by atoms with Crippen LogP contribution in [0.4, 0.5) is 0 Å². The fourth-order valence-corrected chi connectivity index (χ4v) is 4.56. The summed E-state index contributed by atoms with van der Waals surface area (Å²) < 4.78 is 33.3. The van der Waals surface area contributed by atoms with E-state index in [0.717, 1.165) is 12.8 Å². The SMILES string of the molecule is CCCCC(CN)NS(=O)(=O)c1cc(Cl)cc(Br)c1OC.Cl. The highest BCUT2D eigenvalue weighted by molar-refractivity contribution is 9.10. The number of halogens is 3. The van der Waals surface area contributed by atoms with Crippen LogP contribution in [0.5, 0.6) is 5.75 Å². The molecule has 0 spiro atoms. The van der Waals surface area contributed by atoms with Crippen LogP contribution in [0.2, 0.25) is 5.02 Å². The Morgan fingerprint density at radius 1 is 1.45 bits per heavy atom. The van der Waals surface area contributed by atoms with E-state index in [1.807, 2.05) is 6.92 Å². The van der Waals surface area contributed by atoms with Crippen LogP contribution in [0.1, 0.15) is 26.2 Å². The first-order chi connectivity index (χ1) is 9.85. The molecule has 1 rings (SSSR count). The van der Waals surface area contributed by atoms with Crippen LogP contribution in [-0.2, 0) is 10.0 Å². The Kier molecular flexibility index (Phi) is 9.93. The lowest BCUT2D eigenvalue weighted by molar-refractivity contribution is 0.399. The molecule has 1 aromatic rings. The molecule has 1 atom stereocenters. The molecular formula is C13H21BrCl2N2O3S. The third-order valence-electron chi connectivity index (χ3n) is 2.98. The van der Waals surface area contributed by atoms with E-state index in [-0.39, 0.29) is 35.6 Å². The van der Waals surface area contributed by atoms with Gasteiger partial charge in [-0.15, -0.1) is 12.4 Å². The van der Waals surface area contributed by atoms with Gasteiger partial charge in [-0.1, -0.05) is 31.4 Å². The zero-order valence-corrected chi connectivity index (χ0v) is 16.4. The first kappa shape index (κ1) is 21.9. The van der Waals surface area contributed by atoms with E-state index in [1.54, 1.807) is 6.07 Å². The number of rotatable bonds is 8. The highest BCUT2D eigenvalue weighted by Crippen LogP contribution is 2.35. The second-order valence-corrected chi connectivity index (χ2v) is 7.59. The monoisotopic (exact) mass is 434 g/mol. The zero-order valence-electron chi connectivity index (χ0n) is 12.4. The maximum absolute atomic E-state index is 12.5. The predicted octanol–water partition coefficient (Wildman–Crippen LogP) is 3.33. The van der Waals surface area contributed by atoms with Gasteiger partial charge >= 0.3 is 0 Å². The minimum Gasteiger partial charge on any atom is -0.494 e. The summed E-state index contributed by atoms with van der Waals surface area (Å²) in [5.41, 5.74) is 5.64. The fraction of sp³-hybridized carbons (Fsp3) is 0.538. The molecule has 0 fully saturated rings. The van der Waals surface area contributed by atoms with E-state index >= 15 is 0 Å². The van der Waals surface area contributed by atoms with Crippen molar-refractivity contribution in [2.75, 3.05) is 13.7 Å². The van der Waals surface area contributed by atoms with Crippen molar-refractivity contribution in [3.05, 3.63) is 21.6 Å². The Labute approximate surface area is 151 Å². The lowest BCUT2D eigenvalue weighted by atomic mass is 10.1. The summed E-state index contributed by atoms with van der Waals surface area (Å²) >= 11 is 9.19. The van der Waals surface area contributed by atoms with Gasteiger partial charge in [0.05, 0.1) is 11.6 Å². The third kappa shape index (κ3) is 5.86. The van der Waals surface area contributed by atoms with E-state index in [0.29, 0.717) is 15.9 Å². The summed E-state index contributed by atoms with van der Waals surface area (Å²) in [5, 5.41) is 0.306. The van der Waals surface area contributed by atoms with Gasteiger partial charge in [-0.05, 0) is 34.5 Å². The smallest absolute Gasteiger partial charge is 0.244 e. The number of benzene rings is 1. The van der Waals surface area contributed by atoms with Crippen molar-refractivity contribution in [1.82, 2.24) is 4.72 Å². The second-order valence-electron chi connectivity index (χ2n) is 4.62. The molecule has 0 aliphatic rings. The van der Waals surface area contributed by atoms with Crippen molar-refractivity contribution in [1.29, 1.82) is 0 Å². The average Bonchev–Trinajstić information content (AvgIpc) is 2.42. The number of unbranched alkanes of at least 4 members (excludes halogenated alkanes) is 1. The second kappa shape index (κ2) is 9.95. The van der Waals surface area contributed by atoms with E-state index in [4.69, 9.17) is 22.1 Å². The number of nitrogens with two attached hydrogens (primary N) is 1. The lowest BCUT2D eigenvalue weighted by Crippen LogP contribution is -2.40. The van der Waals surface area contributed by atoms with Gasteiger partial charge in [0.1, 0.15) is 4.90 Å². The van der Waals surface area contributed by atoms with E-state index < -0.39 is 10.0 Å². The molecule has 0 radical (unpaired) electrons. The Bertz CT molecular complexity index is 585. The van der Waals surface area contributed by atoms with Gasteiger partial charge in [0, 0.05) is 17.6 Å². The molecular weight excluding hydrogens is 415 g/mol. The Morgan fingerprint density at radius 3 is 2.59 bits per heavy atom. The van der Waals surface area contributed by atoms with Crippen molar-refractivity contribution >= 4 is 50.0 Å². The Balaban J connectivity index is 0.00000441. The van der Waals surface area contributed by atoms with E-state index in [2.05, 4.69) is 20.7 Å². The van der Waals surface area contributed by atoms with Gasteiger partial charge in [0.2, 0.25) is 10.0 Å². The van der Waals surface area contributed by atoms with Gasteiger partial charge in [-0.25, -0.2) is 13.1 Å². The van der Waals surface area contributed by atoms with Gasteiger partial charge in [0.15, 0.2) is 5.75 Å². The summed E-state index contributed by atoms with van der Waals surface area (Å²) in [4.78, 5) is -0.000626. The lowest BCUT2D eigenvalue weighted by Gasteiger charge is -2.18. The molecule has 0 bridgehead atoms. The fourth-order valence-electron chi connectivity index (χ4n) is 1.89. The molecule has 5 nitrogen and oxygen atoms in total. The van der Waals surface area contributed by atoms with Gasteiger partial charge in [-0.3, -0.25) is 0 Å². The highest BCUT2D eigenvalue weighted by Gasteiger charge is 2.25. The quantitative estimate of drug-likeness (QED) is 0.656. The number of sulfonamides is 1. The number of hydrogen-bond acceptors (Lipinski definition) is 4. The molecule has 3 N–H and O–H groups in total. The Hall–Kier alpha value is -0.0500. The molecule has 0 aliphatic carbocycles. The summed E-state index contributed by atoms with van der Waals surface area (Å²) in [6.07, 6.45) is 2.57. The van der Waals surface area contributed by atoms with Crippen molar-refractivity contribution in [2.45, 2.75) is 37.1 Å². The molecule has 128 valence electrons. The van der Waals surface area contributed by atoms with Crippen molar-refractivity contribution in [2.24, 2.45) is 5.73 Å². The Morgan fingerprint density at radius 2 is 2.09 bits per heavy atom. The van der Waals surface area contributed by atoms with Crippen LogP contribution in [0.15, 0.2) is 21.5 Å². The summed E-state index contributed by atoms with van der Waals surface area (Å²) in [7, 11) is -2.35. The third-order valence-corrected chi connectivity index (χ3v) is 5.31. The van der Waals surface area contributed by atoms with Crippen LogP contribution in [0.3, 0.4) is 0 Å². The maximum atomic E-state index is 12.5. The first-order valence-corrected chi connectivity index (χ1v) is 9.26. The number of methoxy groups -OCH3 is 1. The molecule has 0 saturated heterocycles. The van der Waals surface area contributed by atoms with Crippen LogP contribution < -0.4 is 15.2 Å². The molecule has 22 heavy (non-hydrogen) atoms. The standard InChI is InChI=1S/C13H20BrClN2O3S.ClH/c1-3-4-5-10(8-16)17-21(18,19)12-7-9(15)6-11(14)13(12)20-2;/h6-7,10,17H,3-5,8,16H2,1-2H3;1H. The molecule has 0 saturated carbocycles. The molecule has 1 unspecified atom stereocenters. The van der Waals surface area contributed by atoms with Crippen LogP contribution in [-0.4, -0.2) is 28.1 Å². The topological polar surface area (TPSA) is 81.4 Å². The van der Waals surface area contributed by atoms with Crippen LogP contribution >= 0.6 is 39.9 Å². The van der Waals surface area contributed by atoms with Gasteiger partial charge < -0.3 is 10.5 Å². The van der Waals surface area contributed by atoms with Crippen molar-refractivity contribution < 1.29 is 13.2 Å². The molecule has 0 aliphatic heterocycles. The van der Waals surface area contributed by atoms with Gasteiger partial charge in [-0.2, -0.15) is 0 Å². The van der Waals surface area contributed by atoms with Crippen molar-refractivity contribution in [3.8, 4) is 5.75 Å². The number of nitrogens with one attached hydrogen (secondary N) is 1. The molecule has 9 heteroatoms. The molecule has 0 aromatic heterocycles. The number of hydrogen-bond donors (Lipinski definition) is 2. The van der Waals surface area contributed by atoms with Crippen LogP contribution in [0, 0.1) is 0 Å². The van der Waals surface area contributed by atoms with Gasteiger partial charge in [0.25, 0.3) is 0 Å². The minimum atomic E-state index is -3.76. The summed E-state index contributed by atoms with van der Waals surface area (Å²) in [6.45, 7) is 2.28. The predicted molar refractivity (Wildman–Crippen MR) is 95.6 cm³/mol. The van der Waals surface area contributed by atoms with E-state index in [1.165, 1.54) is 13.2 Å². The molecule has 0 heterocycles. The van der Waals surface area contributed by atoms with Crippen LogP contribution in [0.25, 0.3) is 0 Å². The first-order valence-electron chi connectivity index (χ1n) is 6.61. The van der Waals surface area contributed by atoms with E-state index in [9.17, 15) is 8.42 Å². The summed E-state index contributed by atoms with van der Waals surface area (Å²) in [6, 6.07) is 2.63. The zero-order chi connectivity index (χ0) is 16.0. The number of ether oxygens (including phenoxy) is 1.